The topological polar surface area (TPSA) is 78.5 Å². The third kappa shape index (κ3) is 4.63. The van der Waals surface area contributed by atoms with Crippen molar-refractivity contribution in [2.45, 2.75) is 51.6 Å². The Labute approximate surface area is 113 Å². The number of hydrogen-bond donors (Lipinski definition) is 2. The van der Waals surface area contributed by atoms with Gasteiger partial charge in [0.25, 0.3) is 0 Å². The van der Waals surface area contributed by atoms with Crippen molar-refractivity contribution < 1.29 is 14.4 Å². The third-order valence-electron chi connectivity index (χ3n) is 3.65. The van der Waals surface area contributed by atoms with Gasteiger partial charge in [-0.3, -0.25) is 19.8 Å². The Balaban J connectivity index is 2.46. The Morgan fingerprint density at radius 3 is 2.47 bits per heavy atom. The van der Waals surface area contributed by atoms with Crippen molar-refractivity contribution in [2.75, 3.05) is 13.6 Å². The number of likely N-dealkylation sites (N-methyl/N-ethyl adjacent to an activating group) is 1. The lowest BCUT2D eigenvalue weighted by molar-refractivity contribution is -0.126. The standard InChI is InChI=1S/C13H23N3O3/c1-4-14-13(19)15-12(18)9(2)16(3)10-5-7-11(17)8-6-10/h9-10H,4-8H2,1-3H3,(H2,14,15,18,19). The molecule has 0 bridgehead atoms. The van der Waals surface area contributed by atoms with Crippen molar-refractivity contribution in [1.82, 2.24) is 15.5 Å². The Kier molecular flexibility index (Phi) is 5.95. The van der Waals surface area contributed by atoms with Crippen LogP contribution < -0.4 is 10.6 Å². The molecule has 0 radical (unpaired) electrons. The molecule has 6 heteroatoms. The van der Waals surface area contributed by atoms with E-state index in [0.29, 0.717) is 25.2 Å². The predicted molar refractivity (Wildman–Crippen MR) is 71.7 cm³/mol. The predicted octanol–water partition coefficient (Wildman–Crippen LogP) is 0.664. The highest BCUT2D eigenvalue weighted by atomic mass is 16.2. The molecule has 1 atom stereocenters. The first kappa shape index (κ1) is 15.6. The van der Waals surface area contributed by atoms with Crippen LogP contribution in [-0.2, 0) is 9.59 Å². The van der Waals surface area contributed by atoms with Gasteiger partial charge in [-0.1, -0.05) is 0 Å². The maximum Gasteiger partial charge on any atom is 0.321 e. The Bertz CT molecular complexity index is 347. The van der Waals surface area contributed by atoms with Crippen LogP contribution in [0.25, 0.3) is 0 Å². The van der Waals surface area contributed by atoms with Crippen LogP contribution in [0.15, 0.2) is 0 Å². The molecular weight excluding hydrogens is 246 g/mol. The molecule has 0 aromatic rings. The second kappa shape index (κ2) is 7.23. The summed E-state index contributed by atoms with van der Waals surface area (Å²) in [6, 6.07) is -0.625. The van der Waals surface area contributed by atoms with Crippen LogP contribution in [0.4, 0.5) is 4.79 Å². The van der Waals surface area contributed by atoms with Crippen LogP contribution >= 0.6 is 0 Å². The molecular formula is C13H23N3O3. The van der Waals surface area contributed by atoms with Gasteiger partial charge in [-0.25, -0.2) is 4.79 Å². The molecule has 1 saturated carbocycles. The highest BCUT2D eigenvalue weighted by Crippen LogP contribution is 2.20. The van der Waals surface area contributed by atoms with E-state index in [0.717, 1.165) is 12.8 Å². The van der Waals surface area contributed by atoms with E-state index >= 15 is 0 Å². The zero-order chi connectivity index (χ0) is 14.4. The van der Waals surface area contributed by atoms with E-state index in [1.807, 2.05) is 11.9 Å². The van der Waals surface area contributed by atoms with Gasteiger partial charge in [-0.05, 0) is 33.7 Å². The number of imide groups is 1. The zero-order valence-electron chi connectivity index (χ0n) is 11.9. The van der Waals surface area contributed by atoms with Crippen LogP contribution in [0.5, 0.6) is 0 Å². The van der Waals surface area contributed by atoms with Gasteiger partial charge >= 0.3 is 6.03 Å². The minimum absolute atomic E-state index is 0.229. The van der Waals surface area contributed by atoms with Gasteiger partial charge in [0.15, 0.2) is 0 Å². The quantitative estimate of drug-likeness (QED) is 0.786. The Morgan fingerprint density at radius 2 is 1.95 bits per heavy atom. The van der Waals surface area contributed by atoms with E-state index in [1.54, 1.807) is 13.8 Å². The lowest BCUT2D eigenvalue weighted by Gasteiger charge is -2.34. The number of carbonyl (C=O) groups excluding carboxylic acids is 3. The molecule has 3 amide bonds. The number of carbonyl (C=O) groups is 3. The van der Waals surface area contributed by atoms with Gasteiger partial charge in [0.2, 0.25) is 5.91 Å². The SMILES string of the molecule is CCNC(=O)NC(=O)C(C)N(C)C1CCC(=O)CC1. The van der Waals surface area contributed by atoms with Crippen molar-refractivity contribution >= 4 is 17.7 Å². The van der Waals surface area contributed by atoms with E-state index in [2.05, 4.69) is 10.6 Å². The third-order valence-corrected chi connectivity index (χ3v) is 3.65. The number of amides is 3. The van der Waals surface area contributed by atoms with Gasteiger partial charge in [-0.2, -0.15) is 0 Å². The average molecular weight is 269 g/mol. The van der Waals surface area contributed by atoms with Crippen LogP contribution in [0.2, 0.25) is 0 Å². The number of rotatable bonds is 4. The van der Waals surface area contributed by atoms with E-state index in [-0.39, 0.29) is 18.0 Å². The first-order chi connectivity index (χ1) is 8.95. The molecule has 0 aromatic carbocycles. The lowest BCUT2D eigenvalue weighted by Crippen LogP contribution is -2.51. The molecule has 0 aromatic heterocycles. The minimum atomic E-state index is -0.466. The number of nitrogens with one attached hydrogen (secondary N) is 2. The summed E-state index contributed by atoms with van der Waals surface area (Å²) < 4.78 is 0. The first-order valence-electron chi connectivity index (χ1n) is 6.78. The fraction of sp³-hybridized carbons (Fsp3) is 0.769. The number of urea groups is 1. The fourth-order valence-electron chi connectivity index (χ4n) is 2.25. The highest BCUT2D eigenvalue weighted by Gasteiger charge is 2.28. The second-order valence-electron chi connectivity index (χ2n) is 4.96. The van der Waals surface area contributed by atoms with Crippen LogP contribution in [-0.4, -0.2) is 48.3 Å². The van der Waals surface area contributed by atoms with Gasteiger partial charge < -0.3 is 5.32 Å². The number of Topliss-reactive ketones (excluding diaryl/α,β-unsaturated/α-hetero) is 1. The highest BCUT2D eigenvalue weighted by molar-refractivity contribution is 5.96. The van der Waals surface area contributed by atoms with Gasteiger partial charge in [0.05, 0.1) is 6.04 Å². The fourth-order valence-corrected chi connectivity index (χ4v) is 2.25. The smallest absolute Gasteiger partial charge is 0.321 e. The van der Waals surface area contributed by atoms with Crippen LogP contribution in [0.1, 0.15) is 39.5 Å². The molecule has 0 heterocycles. The van der Waals surface area contributed by atoms with Gasteiger partial charge in [0.1, 0.15) is 5.78 Å². The average Bonchev–Trinajstić information content (AvgIpc) is 2.38. The Morgan fingerprint density at radius 1 is 1.37 bits per heavy atom. The molecule has 1 fully saturated rings. The van der Waals surface area contributed by atoms with Crippen molar-refractivity contribution in [1.29, 1.82) is 0 Å². The summed E-state index contributed by atoms with van der Waals surface area (Å²) in [7, 11) is 1.86. The molecule has 6 nitrogen and oxygen atoms in total. The normalized spacial score (nSPS) is 18.2. The summed E-state index contributed by atoms with van der Waals surface area (Å²) in [5, 5.41) is 4.83. The molecule has 108 valence electrons. The molecule has 1 aliphatic carbocycles. The molecule has 1 rings (SSSR count). The summed E-state index contributed by atoms with van der Waals surface area (Å²) in [5.41, 5.74) is 0. The number of hydrogen-bond acceptors (Lipinski definition) is 4. The molecule has 19 heavy (non-hydrogen) atoms. The monoisotopic (exact) mass is 269 g/mol. The summed E-state index contributed by atoms with van der Waals surface area (Å²) in [4.78, 5) is 36.3. The van der Waals surface area contributed by atoms with E-state index in [1.165, 1.54) is 0 Å². The van der Waals surface area contributed by atoms with Crippen LogP contribution in [0, 0.1) is 0 Å². The van der Waals surface area contributed by atoms with Crippen molar-refractivity contribution in [3.63, 3.8) is 0 Å². The van der Waals surface area contributed by atoms with E-state index in [4.69, 9.17) is 0 Å². The maximum absolute atomic E-state index is 11.9. The zero-order valence-corrected chi connectivity index (χ0v) is 11.9. The largest absolute Gasteiger partial charge is 0.338 e. The summed E-state index contributed by atoms with van der Waals surface area (Å²) in [6.45, 7) is 4.04. The van der Waals surface area contributed by atoms with Gasteiger partial charge in [-0.15, -0.1) is 0 Å². The minimum Gasteiger partial charge on any atom is -0.338 e. The van der Waals surface area contributed by atoms with Crippen molar-refractivity contribution in [2.24, 2.45) is 0 Å². The number of nitrogens with zero attached hydrogens (tertiary/aromatic N) is 1. The van der Waals surface area contributed by atoms with Crippen molar-refractivity contribution in [3.05, 3.63) is 0 Å². The maximum atomic E-state index is 11.9. The lowest BCUT2D eigenvalue weighted by atomic mass is 9.92. The second-order valence-corrected chi connectivity index (χ2v) is 4.96. The summed E-state index contributed by atoms with van der Waals surface area (Å²) in [6.07, 6.45) is 2.74. The van der Waals surface area contributed by atoms with E-state index in [9.17, 15) is 14.4 Å². The first-order valence-corrected chi connectivity index (χ1v) is 6.78. The van der Waals surface area contributed by atoms with E-state index < -0.39 is 6.03 Å². The Hall–Kier alpha value is -1.43. The van der Waals surface area contributed by atoms with Crippen molar-refractivity contribution in [3.8, 4) is 0 Å². The number of ketones is 1. The van der Waals surface area contributed by atoms with Crippen LogP contribution in [0.3, 0.4) is 0 Å². The van der Waals surface area contributed by atoms with Gasteiger partial charge in [0, 0.05) is 25.4 Å². The molecule has 0 spiro atoms. The molecule has 1 unspecified atom stereocenters. The molecule has 1 aliphatic rings. The summed E-state index contributed by atoms with van der Waals surface area (Å²) >= 11 is 0. The molecule has 0 saturated heterocycles. The summed E-state index contributed by atoms with van der Waals surface area (Å²) in [5.74, 6) is -0.0190. The molecule has 2 N–H and O–H groups in total. The molecule has 0 aliphatic heterocycles.